The zero-order valence-electron chi connectivity index (χ0n) is 20.2. The van der Waals surface area contributed by atoms with Gasteiger partial charge in [0.1, 0.15) is 11.6 Å². The van der Waals surface area contributed by atoms with E-state index in [0.717, 1.165) is 12.8 Å². The van der Waals surface area contributed by atoms with Crippen LogP contribution in [-0.4, -0.2) is 47.5 Å². The van der Waals surface area contributed by atoms with Crippen LogP contribution >= 0.6 is 0 Å². The zero-order valence-corrected chi connectivity index (χ0v) is 21.0. The molecule has 4 rings (SSSR count). The van der Waals surface area contributed by atoms with Crippen LogP contribution in [-0.2, 0) is 33.4 Å². The van der Waals surface area contributed by atoms with E-state index < -0.39 is 27.4 Å². The second-order valence-electron chi connectivity index (χ2n) is 9.17. The van der Waals surface area contributed by atoms with E-state index in [2.05, 4.69) is 4.98 Å². The number of carbonyl (C=O) groups is 1. The molecule has 1 aliphatic heterocycles. The molecule has 3 aromatic rings. The fraction of sp³-hybridized carbons (Fsp3) is 0.385. The van der Waals surface area contributed by atoms with Crippen LogP contribution in [0.3, 0.4) is 0 Å². The van der Waals surface area contributed by atoms with Gasteiger partial charge in [0.25, 0.3) is 5.91 Å². The van der Waals surface area contributed by atoms with Crippen molar-refractivity contribution in [3.63, 3.8) is 0 Å². The van der Waals surface area contributed by atoms with Crippen molar-refractivity contribution < 1.29 is 26.7 Å². The summed E-state index contributed by atoms with van der Waals surface area (Å²) in [4.78, 5) is 18.9. The maximum atomic E-state index is 14.4. The Labute approximate surface area is 209 Å². The van der Waals surface area contributed by atoms with E-state index in [4.69, 9.17) is 4.74 Å². The third-order valence-corrected chi connectivity index (χ3v) is 7.78. The van der Waals surface area contributed by atoms with Crippen molar-refractivity contribution in [1.29, 1.82) is 0 Å². The van der Waals surface area contributed by atoms with Crippen molar-refractivity contribution >= 4 is 15.7 Å². The van der Waals surface area contributed by atoms with Gasteiger partial charge in [-0.15, -0.1) is 0 Å². The van der Waals surface area contributed by atoms with Crippen molar-refractivity contribution in [2.45, 2.75) is 62.8 Å². The molecule has 2 aromatic carbocycles. The fourth-order valence-electron chi connectivity index (χ4n) is 4.27. The third kappa shape index (κ3) is 5.82. The lowest BCUT2D eigenvalue weighted by Crippen LogP contribution is -2.38. The number of carbonyl (C=O) groups excluding carboxylic acids is 1. The predicted molar refractivity (Wildman–Crippen MR) is 130 cm³/mol. The molecule has 0 aliphatic carbocycles. The van der Waals surface area contributed by atoms with E-state index >= 15 is 0 Å². The van der Waals surface area contributed by atoms with Crippen LogP contribution in [0.2, 0.25) is 0 Å². The van der Waals surface area contributed by atoms with Crippen LogP contribution < -0.4 is 0 Å². The van der Waals surface area contributed by atoms with E-state index in [0.29, 0.717) is 17.9 Å². The molecule has 0 saturated carbocycles. The van der Waals surface area contributed by atoms with E-state index in [9.17, 15) is 22.0 Å². The monoisotopic (exact) mass is 517 g/mol. The summed E-state index contributed by atoms with van der Waals surface area (Å²) in [5.74, 6) is -1.92. The summed E-state index contributed by atoms with van der Waals surface area (Å²) in [5.41, 5.74) is 0.880. The molecule has 7 nitrogen and oxygen atoms in total. The maximum Gasteiger partial charge on any atom is 0.257 e. The molecule has 1 saturated heterocycles. The van der Waals surface area contributed by atoms with Crippen molar-refractivity contribution in [2.24, 2.45) is 0 Å². The molecule has 0 spiro atoms. The summed E-state index contributed by atoms with van der Waals surface area (Å²) in [5, 5.41) is -0.139. The molecule has 2 heterocycles. The number of ether oxygens (including phenoxy) is 1. The van der Waals surface area contributed by atoms with Crippen LogP contribution in [0.1, 0.15) is 48.3 Å². The molecule has 1 aliphatic rings. The first kappa shape index (κ1) is 26.0. The first-order valence-corrected chi connectivity index (χ1v) is 13.5. The van der Waals surface area contributed by atoms with Crippen LogP contribution in [0.5, 0.6) is 0 Å². The number of imidazole rings is 1. The fourth-order valence-corrected chi connectivity index (χ4v) is 5.77. The Bertz CT molecular complexity index is 1320. The van der Waals surface area contributed by atoms with Crippen molar-refractivity contribution in [2.75, 3.05) is 6.61 Å². The Balaban J connectivity index is 1.68. The summed E-state index contributed by atoms with van der Waals surface area (Å²) >= 11 is 0. The standard InChI is InChI=1S/C26H29F2N3O4S/c1-18(2)30(25(32)23-7-3-4-8-24(23)28)15-21-14-29-26(31(21)16-22-6-5-13-35-22)36(33,34)17-19-9-11-20(27)12-10-19/h3-4,7-12,14,18,22H,5-6,13,15-17H2,1-2H3. The molecule has 0 bridgehead atoms. The Hall–Kier alpha value is -3.11. The Morgan fingerprint density at radius 2 is 1.89 bits per heavy atom. The smallest absolute Gasteiger partial charge is 0.257 e. The number of sulfone groups is 1. The lowest BCUT2D eigenvalue weighted by molar-refractivity contribution is 0.0673. The first-order chi connectivity index (χ1) is 17.2. The molecule has 192 valence electrons. The van der Waals surface area contributed by atoms with Gasteiger partial charge in [-0.05, 0) is 56.5 Å². The molecule has 36 heavy (non-hydrogen) atoms. The first-order valence-electron chi connectivity index (χ1n) is 11.8. The van der Waals surface area contributed by atoms with Gasteiger partial charge in [-0.25, -0.2) is 22.2 Å². The quantitative estimate of drug-likeness (QED) is 0.421. The normalized spacial score (nSPS) is 16.0. The van der Waals surface area contributed by atoms with Crippen LogP contribution in [0.15, 0.2) is 59.9 Å². The number of aromatic nitrogens is 2. The minimum atomic E-state index is -3.90. The molecular weight excluding hydrogens is 488 g/mol. The molecule has 0 radical (unpaired) electrons. The number of benzene rings is 2. The van der Waals surface area contributed by atoms with Gasteiger partial charge < -0.3 is 14.2 Å². The summed E-state index contributed by atoms with van der Waals surface area (Å²) in [7, 11) is -3.90. The van der Waals surface area contributed by atoms with E-state index in [1.165, 1.54) is 53.6 Å². The second-order valence-corrected chi connectivity index (χ2v) is 11.1. The molecule has 1 fully saturated rings. The molecule has 1 amide bonds. The van der Waals surface area contributed by atoms with Gasteiger partial charge in [-0.2, -0.15) is 0 Å². The Morgan fingerprint density at radius 1 is 1.17 bits per heavy atom. The van der Waals surface area contributed by atoms with Gasteiger partial charge in [-0.3, -0.25) is 4.79 Å². The van der Waals surface area contributed by atoms with Gasteiger partial charge in [0.05, 0.1) is 42.4 Å². The number of hydrogen-bond acceptors (Lipinski definition) is 5. The van der Waals surface area contributed by atoms with E-state index in [-0.39, 0.29) is 41.7 Å². The average Bonchev–Trinajstić information content (AvgIpc) is 3.49. The van der Waals surface area contributed by atoms with Gasteiger partial charge >= 0.3 is 0 Å². The van der Waals surface area contributed by atoms with E-state index in [1.54, 1.807) is 10.6 Å². The van der Waals surface area contributed by atoms with Crippen molar-refractivity contribution in [1.82, 2.24) is 14.5 Å². The van der Waals surface area contributed by atoms with Gasteiger partial charge in [0.15, 0.2) is 0 Å². The van der Waals surface area contributed by atoms with Crippen LogP contribution in [0.25, 0.3) is 0 Å². The lowest BCUT2D eigenvalue weighted by atomic mass is 10.1. The largest absolute Gasteiger partial charge is 0.376 e. The summed E-state index contributed by atoms with van der Waals surface area (Å²) in [6, 6.07) is 10.7. The average molecular weight is 518 g/mol. The van der Waals surface area contributed by atoms with Gasteiger partial charge in [0, 0.05) is 12.6 Å². The highest BCUT2D eigenvalue weighted by Crippen LogP contribution is 2.24. The Morgan fingerprint density at radius 3 is 2.53 bits per heavy atom. The van der Waals surface area contributed by atoms with Crippen molar-refractivity contribution in [3.8, 4) is 0 Å². The topological polar surface area (TPSA) is 81.5 Å². The maximum absolute atomic E-state index is 14.4. The number of nitrogens with zero attached hydrogens (tertiary/aromatic N) is 3. The molecule has 1 aromatic heterocycles. The lowest BCUT2D eigenvalue weighted by Gasteiger charge is -2.28. The van der Waals surface area contributed by atoms with Crippen molar-refractivity contribution in [3.05, 3.63) is 83.2 Å². The Kier molecular flexibility index (Phi) is 7.85. The highest BCUT2D eigenvalue weighted by atomic mass is 32.2. The van der Waals surface area contributed by atoms with Gasteiger partial charge in [-0.1, -0.05) is 24.3 Å². The molecule has 10 heteroatoms. The van der Waals surface area contributed by atoms with Crippen LogP contribution in [0.4, 0.5) is 8.78 Å². The molecule has 1 atom stereocenters. The predicted octanol–water partition coefficient (Wildman–Crippen LogP) is 4.37. The highest BCUT2D eigenvalue weighted by Gasteiger charge is 2.29. The number of hydrogen-bond donors (Lipinski definition) is 0. The van der Waals surface area contributed by atoms with E-state index in [1.807, 2.05) is 13.8 Å². The molecular formula is C26H29F2N3O4S. The number of amides is 1. The minimum Gasteiger partial charge on any atom is -0.376 e. The SMILES string of the molecule is CC(C)N(Cc1cnc(S(=O)(=O)Cc2ccc(F)cc2)n1CC1CCCO1)C(=O)c1ccccc1F. The summed E-state index contributed by atoms with van der Waals surface area (Å²) in [6.45, 7) is 4.51. The van der Waals surface area contributed by atoms with Crippen LogP contribution in [0, 0.1) is 11.6 Å². The van der Waals surface area contributed by atoms with Gasteiger partial charge in [0.2, 0.25) is 15.0 Å². The molecule has 0 N–H and O–H groups in total. The highest BCUT2D eigenvalue weighted by molar-refractivity contribution is 7.90. The number of halogens is 2. The molecule has 1 unspecified atom stereocenters. The zero-order chi connectivity index (χ0) is 25.9. The second kappa shape index (κ2) is 10.9. The minimum absolute atomic E-state index is 0.0383. The summed E-state index contributed by atoms with van der Waals surface area (Å²) < 4.78 is 61.7. The number of rotatable bonds is 9. The summed E-state index contributed by atoms with van der Waals surface area (Å²) in [6.07, 6.45) is 2.90. The third-order valence-electron chi connectivity index (χ3n) is 6.18.